The molecule has 0 N–H and O–H groups in total. The van der Waals surface area contributed by atoms with Crippen molar-refractivity contribution in [3.8, 4) is 5.75 Å². The van der Waals surface area contributed by atoms with Crippen LogP contribution in [0.5, 0.6) is 5.75 Å². The van der Waals surface area contributed by atoms with Gasteiger partial charge in [-0.25, -0.2) is 0 Å². The first-order valence-corrected chi connectivity index (χ1v) is 4.43. The lowest BCUT2D eigenvalue weighted by atomic mass is 10.2. The lowest BCUT2D eigenvalue weighted by Gasteiger charge is -2.03. The fourth-order valence-corrected chi connectivity index (χ4v) is 1.11. The third-order valence-corrected chi connectivity index (χ3v) is 1.89. The van der Waals surface area contributed by atoms with E-state index < -0.39 is 0 Å². The van der Waals surface area contributed by atoms with E-state index in [0.29, 0.717) is 6.61 Å². The van der Waals surface area contributed by atoms with E-state index in [1.54, 1.807) is 12.3 Å². The highest BCUT2D eigenvalue weighted by molar-refractivity contribution is 5.26. The van der Waals surface area contributed by atoms with Gasteiger partial charge in [0.2, 0.25) is 0 Å². The molecule has 2 aromatic rings. The molecule has 3 heteroatoms. The second kappa shape index (κ2) is 3.96. The minimum absolute atomic E-state index is 0.420. The van der Waals surface area contributed by atoms with E-state index in [9.17, 15) is 0 Å². The summed E-state index contributed by atoms with van der Waals surface area (Å²) in [5.74, 6) is 1.57. The van der Waals surface area contributed by atoms with Crippen LogP contribution in [0, 0.1) is 6.92 Å². The Bertz CT molecular complexity index is 378. The number of hydrogen-bond acceptors (Lipinski definition) is 3. The Morgan fingerprint density at radius 1 is 1.21 bits per heavy atom. The zero-order valence-corrected chi connectivity index (χ0v) is 7.93. The molecule has 1 aromatic carbocycles. The van der Waals surface area contributed by atoms with Gasteiger partial charge in [-0.1, -0.05) is 22.9 Å². The van der Waals surface area contributed by atoms with Crippen LogP contribution in [-0.2, 0) is 6.61 Å². The molecule has 1 heterocycles. The highest BCUT2D eigenvalue weighted by Gasteiger charge is 1.98. The van der Waals surface area contributed by atoms with E-state index in [-0.39, 0.29) is 0 Å². The lowest BCUT2D eigenvalue weighted by Crippen LogP contribution is -1.93. The fourth-order valence-electron chi connectivity index (χ4n) is 1.11. The topological polar surface area (TPSA) is 35.3 Å². The molecule has 0 saturated carbocycles. The largest absolute Gasteiger partial charge is 0.486 e. The Balaban J connectivity index is 1.95. The van der Waals surface area contributed by atoms with Gasteiger partial charge in [-0.15, -0.1) is 0 Å². The molecule has 72 valence electrons. The highest BCUT2D eigenvalue weighted by atomic mass is 16.5. The van der Waals surface area contributed by atoms with Crippen molar-refractivity contribution in [1.82, 2.24) is 5.16 Å². The first-order chi connectivity index (χ1) is 6.84. The summed E-state index contributed by atoms with van der Waals surface area (Å²) in [5, 5.41) is 3.59. The van der Waals surface area contributed by atoms with Gasteiger partial charge in [-0.05, 0) is 19.1 Å². The van der Waals surface area contributed by atoms with Gasteiger partial charge in [0.25, 0.3) is 0 Å². The summed E-state index contributed by atoms with van der Waals surface area (Å²) in [4.78, 5) is 0. The molecule has 0 aliphatic carbocycles. The third kappa shape index (κ3) is 2.13. The predicted octanol–water partition coefficient (Wildman–Crippen LogP) is 2.56. The molecule has 0 spiro atoms. The van der Waals surface area contributed by atoms with Gasteiger partial charge in [-0.3, -0.25) is 0 Å². The molecule has 0 aliphatic heterocycles. The smallest absolute Gasteiger partial charge is 0.174 e. The van der Waals surface area contributed by atoms with Gasteiger partial charge in [0.15, 0.2) is 5.76 Å². The summed E-state index contributed by atoms with van der Waals surface area (Å²) in [6.07, 6.45) is 1.60. The second-order valence-electron chi connectivity index (χ2n) is 3.08. The van der Waals surface area contributed by atoms with Crippen LogP contribution in [0.4, 0.5) is 0 Å². The molecule has 0 aliphatic rings. The number of rotatable bonds is 3. The Hall–Kier alpha value is -1.77. The van der Waals surface area contributed by atoms with Gasteiger partial charge in [0.1, 0.15) is 12.4 Å². The zero-order chi connectivity index (χ0) is 9.80. The summed E-state index contributed by atoms with van der Waals surface area (Å²) < 4.78 is 10.4. The molecule has 2 rings (SSSR count). The highest BCUT2D eigenvalue weighted by Crippen LogP contribution is 2.13. The van der Waals surface area contributed by atoms with Crippen molar-refractivity contribution in [3.63, 3.8) is 0 Å². The van der Waals surface area contributed by atoms with Gasteiger partial charge in [-0.2, -0.15) is 0 Å². The minimum Gasteiger partial charge on any atom is -0.486 e. The van der Waals surface area contributed by atoms with E-state index in [0.717, 1.165) is 11.5 Å². The van der Waals surface area contributed by atoms with Gasteiger partial charge in [0, 0.05) is 6.07 Å². The molecule has 14 heavy (non-hydrogen) atoms. The number of aromatic nitrogens is 1. The van der Waals surface area contributed by atoms with Crippen molar-refractivity contribution in [2.75, 3.05) is 0 Å². The van der Waals surface area contributed by atoms with Gasteiger partial charge >= 0.3 is 0 Å². The average Bonchev–Trinajstić information content (AvgIpc) is 2.70. The minimum atomic E-state index is 0.420. The fraction of sp³-hybridized carbons (Fsp3) is 0.182. The predicted molar refractivity (Wildman–Crippen MR) is 52.0 cm³/mol. The molecule has 0 saturated heterocycles. The maximum absolute atomic E-state index is 5.47. The van der Waals surface area contributed by atoms with Crippen LogP contribution in [-0.4, -0.2) is 5.16 Å². The van der Waals surface area contributed by atoms with Crippen molar-refractivity contribution >= 4 is 0 Å². The standard InChI is InChI=1S/C11H11NO2/c1-9-2-4-10(5-3-9)13-8-11-6-7-12-14-11/h2-7H,8H2,1H3. The molecule has 0 amide bonds. The molecular formula is C11H11NO2. The van der Waals surface area contributed by atoms with Crippen molar-refractivity contribution in [2.45, 2.75) is 13.5 Å². The molecule has 0 atom stereocenters. The van der Waals surface area contributed by atoms with Crippen LogP contribution in [0.1, 0.15) is 11.3 Å². The Morgan fingerprint density at radius 2 is 2.00 bits per heavy atom. The van der Waals surface area contributed by atoms with Crippen LogP contribution < -0.4 is 4.74 Å². The van der Waals surface area contributed by atoms with E-state index in [1.165, 1.54) is 5.56 Å². The van der Waals surface area contributed by atoms with Crippen LogP contribution in [0.25, 0.3) is 0 Å². The second-order valence-corrected chi connectivity index (χ2v) is 3.08. The first-order valence-electron chi connectivity index (χ1n) is 4.43. The van der Waals surface area contributed by atoms with Crippen LogP contribution in [0.2, 0.25) is 0 Å². The molecule has 0 unspecified atom stereocenters. The number of nitrogens with zero attached hydrogens (tertiary/aromatic N) is 1. The van der Waals surface area contributed by atoms with Crippen LogP contribution in [0.15, 0.2) is 41.1 Å². The molecule has 0 radical (unpaired) electrons. The summed E-state index contributed by atoms with van der Waals surface area (Å²) in [6.45, 7) is 2.46. The number of ether oxygens (including phenoxy) is 1. The lowest BCUT2D eigenvalue weighted by molar-refractivity contribution is 0.249. The summed E-state index contributed by atoms with van der Waals surface area (Å²) >= 11 is 0. The van der Waals surface area contributed by atoms with Crippen LogP contribution in [0.3, 0.4) is 0 Å². The van der Waals surface area contributed by atoms with Crippen molar-refractivity contribution < 1.29 is 9.26 Å². The van der Waals surface area contributed by atoms with Crippen molar-refractivity contribution in [3.05, 3.63) is 47.9 Å². The van der Waals surface area contributed by atoms with E-state index in [4.69, 9.17) is 9.26 Å². The van der Waals surface area contributed by atoms with Gasteiger partial charge in [0.05, 0.1) is 6.20 Å². The Morgan fingerprint density at radius 3 is 2.64 bits per heavy atom. The summed E-state index contributed by atoms with van der Waals surface area (Å²) in [6, 6.07) is 9.68. The summed E-state index contributed by atoms with van der Waals surface area (Å²) in [5.41, 5.74) is 1.22. The van der Waals surface area contributed by atoms with E-state index >= 15 is 0 Å². The number of hydrogen-bond donors (Lipinski definition) is 0. The number of benzene rings is 1. The SMILES string of the molecule is Cc1ccc(OCc2ccno2)cc1. The maximum atomic E-state index is 5.47. The maximum Gasteiger partial charge on any atom is 0.174 e. The van der Waals surface area contributed by atoms with E-state index in [1.807, 2.05) is 31.2 Å². The molecule has 1 aromatic heterocycles. The molecular weight excluding hydrogens is 178 g/mol. The quantitative estimate of drug-likeness (QED) is 0.744. The van der Waals surface area contributed by atoms with Crippen molar-refractivity contribution in [1.29, 1.82) is 0 Å². The Kier molecular flexibility index (Phi) is 2.49. The Labute approximate surface area is 82.3 Å². The van der Waals surface area contributed by atoms with Crippen molar-refractivity contribution in [2.24, 2.45) is 0 Å². The number of aryl methyl sites for hydroxylation is 1. The first kappa shape index (κ1) is 8.81. The zero-order valence-electron chi connectivity index (χ0n) is 7.93. The van der Waals surface area contributed by atoms with Gasteiger partial charge < -0.3 is 9.26 Å². The third-order valence-electron chi connectivity index (χ3n) is 1.89. The molecule has 3 nitrogen and oxygen atoms in total. The normalized spacial score (nSPS) is 10.1. The van der Waals surface area contributed by atoms with E-state index in [2.05, 4.69) is 5.16 Å². The monoisotopic (exact) mass is 189 g/mol. The summed E-state index contributed by atoms with van der Waals surface area (Å²) in [7, 11) is 0. The van der Waals surface area contributed by atoms with Crippen LogP contribution >= 0.6 is 0 Å². The molecule has 0 fully saturated rings. The average molecular weight is 189 g/mol. The molecule has 0 bridgehead atoms.